The lowest BCUT2D eigenvalue weighted by Crippen LogP contribution is -2.16. The molecule has 0 aromatic heterocycles. The van der Waals surface area contributed by atoms with E-state index in [1.54, 1.807) is 0 Å². The van der Waals surface area contributed by atoms with Crippen LogP contribution in [0.15, 0.2) is 47.1 Å². The third-order valence-electron chi connectivity index (χ3n) is 4.99. The van der Waals surface area contributed by atoms with Gasteiger partial charge in [0.2, 0.25) is 0 Å². The van der Waals surface area contributed by atoms with Gasteiger partial charge in [-0.05, 0) is 51.7 Å². The highest BCUT2D eigenvalue weighted by Gasteiger charge is 2.37. The Bertz CT molecular complexity index is 665. The summed E-state index contributed by atoms with van der Waals surface area (Å²) in [5, 5.41) is 0. The summed E-state index contributed by atoms with van der Waals surface area (Å²) in [6, 6.07) is 0. The highest BCUT2D eigenvalue weighted by molar-refractivity contribution is 5.91. The lowest BCUT2D eigenvalue weighted by molar-refractivity contribution is -0.139. The molecule has 1 aliphatic carbocycles. The minimum atomic E-state index is -0.297. The van der Waals surface area contributed by atoms with E-state index >= 15 is 0 Å². The van der Waals surface area contributed by atoms with Crippen LogP contribution in [0.5, 0.6) is 0 Å². The van der Waals surface area contributed by atoms with E-state index in [0.717, 1.165) is 36.8 Å². The Morgan fingerprint density at radius 2 is 1.83 bits per heavy atom. The van der Waals surface area contributed by atoms with Crippen molar-refractivity contribution >= 4 is 11.9 Å². The fourth-order valence-electron chi connectivity index (χ4n) is 3.57. The Balaban J connectivity index is 1.86. The number of hydrogen-bond acceptors (Lipinski definition) is 4. The van der Waals surface area contributed by atoms with Crippen LogP contribution in [0.3, 0.4) is 0 Å². The quantitative estimate of drug-likeness (QED) is 0.386. The molecule has 0 aromatic carbocycles. The summed E-state index contributed by atoms with van der Waals surface area (Å²) in [5.41, 5.74) is 3.67. The van der Waals surface area contributed by atoms with Gasteiger partial charge in [-0.2, -0.15) is 0 Å². The maximum atomic E-state index is 11.9. The second kappa shape index (κ2) is 6.80. The Kier molecular flexibility index (Phi) is 4.74. The van der Waals surface area contributed by atoms with Crippen LogP contribution in [-0.2, 0) is 19.1 Å². The Hall–Kier alpha value is -2.10. The standard InChI is InChI=1S/C20H24O4/c1-12-5-4-6-15-11-16(23-20(15)22)9-13(2)10-18-17(8-7-12)14(3)19(21)24-18/h5,10-11,16-18H,3-4,6-9H2,1-2H3/b12-5-,13-10-. The zero-order valence-electron chi connectivity index (χ0n) is 14.3. The van der Waals surface area contributed by atoms with Gasteiger partial charge in [0.25, 0.3) is 0 Å². The second-order valence-electron chi connectivity index (χ2n) is 6.98. The van der Waals surface area contributed by atoms with Crippen molar-refractivity contribution in [3.05, 3.63) is 47.1 Å². The Morgan fingerprint density at radius 1 is 1.04 bits per heavy atom. The summed E-state index contributed by atoms with van der Waals surface area (Å²) in [6.45, 7) is 8.00. The van der Waals surface area contributed by atoms with Crippen molar-refractivity contribution in [1.82, 2.24) is 0 Å². The smallest absolute Gasteiger partial charge is 0.334 e. The number of hydrogen-bond donors (Lipinski definition) is 0. The van der Waals surface area contributed by atoms with Crippen molar-refractivity contribution in [1.29, 1.82) is 0 Å². The van der Waals surface area contributed by atoms with Crippen LogP contribution in [0.1, 0.15) is 46.0 Å². The molecule has 3 unspecified atom stereocenters. The first kappa shape index (κ1) is 16.7. The van der Waals surface area contributed by atoms with Gasteiger partial charge in [0.15, 0.2) is 0 Å². The van der Waals surface area contributed by atoms with Gasteiger partial charge in [-0.3, -0.25) is 0 Å². The number of rotatable bonds is 0. The number of fused-ring (bicyclic) bond motifs is 2. The monoisotopic (exact) mass is 328 g/mol. The fraction of sp³-hybridized carbons (Fsp3) is 0.500. The molecule has 128 valence electrons. The Labute approximate surface area is 142 Å². The Morgan fingerprint density at radius 3 is 2.62 bits per heavy atom. The summed E-state index contributed by atoms with van der Waals surface area (Å²) in [6.07, 6.45) is 9.56. The van der Waals surface area contributed by atoms with Gasteiger partial charge < -0.3 is 9.47 Å². The molecular weight excluding hydrogens is 304 g/mol. The topological polar surface area (TPSA) is 52.6 Å². The molecule has 3 rings (SSSR count). The van der Waals surface area contributed by atoms with Gasteiger partial charge in [-0.15, -0.1) is 0 Å². The SMILES string of the molecule is C=C1C(=O)OC2/C=C(/C)CC3C=C(CC/C=C(/C)CCC12)C(=O)O3. The third-order valence-corrected chi connectivity index (χ3v) is 4.99. The molecule has 4 nitrogen and oxygen atoms in total. The summed E-state index contributed by atoms with van der Waals surface area (Å²) in [5.74, 6) is -0.474. The summed E-state index contributed by atoms with van der Waals surface area (Å²) in [4.78, 5) is 23.8. The van der Waals surface area contributed by atoms with E-state index in [9.17, 15) is 9.59 Å². The predicted molar refractivity (Wildman–Crippen MR) is 91.1 cm³/mol. The normalized spacial score (nSPS) is 35.7. The van der Waals surface area contributed by atoms with Crippen molar-refractivity contribution in [2.45, 2.75) is 58.2 Å². The molecule has 2 heterocycles. The van der Waals surface area contributed by atoms with Crippen molar-refractivity contribution < 1.29 is 19.1 Å². The van der Waals surface area contributed by atoms with E-state index in [1.807, 2.05) is 19.1 Å². The van der Waals surface area contributed by atoms with Crippen LogP contribution in [0.2, 0.25) is 0 Å². The lowest BCUT2D eigenvalue weighted by atomic mass is 9.89. The summed E-state index contributed by atoms with van der Waals surface area (Å²) >= 11 is 0. The van der Waals surface area contributed by atoms with Crippen LogP contribution in [0.25, 0.3) is 0 Å². The van der Waals surface area contributed by atoms with Crippen LogP contribution in [0, 0.1) is 5.92 Å². The molecule has 0 saturated carbocycles. The van der Waals surface area contributed by atoms with Crippen molar-refractivity contribution in [2.24, 2.45) is 5.92 Å². The minimum absolute atomic E-state index is 0.0240. The number of carbonyl (C=O) groups is 2. The fourth-order valence-corrected chi connectivity index (χ4v) is 3.57. The van der Waals surface area contributed by atoms with E-state index in [-0.39, 0.29) is 30.1 Å². The van der Waals surface area contributed by atoms with Gasteiger partial charge in [-0.25, -0.2) is 9.59 Å². The van der Waals surface area contributed by atoms with Crippen LogP contribution >= 0.6 is 0 Å². The number of ether oxygens (including phenoxy) is 2. The first-order valence-electron chi connectivity index (χ1n) is 8.58. The zero-order chi connectivity index (χ0) is 17.3. The molecule has 4 heteroatoms. The third kappa shape index (κ3) is 3.53. The average molecular weight is 328 g/mol. The molecular formula is C20H24O4. The van der Waals surface area contributed by atoms with Gasteiger partial charge in [-0.1, -0.05) is 23.8 Å². The molecule has 3 aliphatic rings. The average Bonchev–Trinajstić information content (AvgIpc) is 2.97. The van der Waals surface area contributed by atoms with Crippen molar-refractivity contribution in [3.8, 4) is 0 Å². The number of esters is 2. The molecule has 0 amide bonds. The zero-order valence-corrected chi connectivity index (χ0v) is 14.3. The maximum Gasteiger partial charge on any atom is 0.334 e. The first-order valence-corrected chi connectivity index (χ1v) is 8.58. The van der Waals surface area contributed by atoms with Gasteiger partial charge in [0, 0.05) is 23.5 Å². The largest absolute Gasteiger partial charge is 0.454 e. The van der Waals surface area contributed by atoms with Crippen molar-refractivity contribution in [3.63, 3.8) is 0 Å². The molecule has 0 N–H and O–H groups in total. The molecule has 24 heavy (non-hydrogen) atoms. The van der Waals surface area contributed by atoms with E-state index < -0.39 is 0 Å². The van der Waals surface area contributed by atoms with Crippen molar-refractivity contribution in [2.75, 3.05) is 0 Å². The van der Waals surface area contributed by atoms with E-state index in [4.69, 9.17) is 9.47 Å². The van der Waals surface area contributed by atoms with Gasteiger partial charge >= 0.3 is 11.9 Å². The summed E-state index contributed by atoms with van der Waals surface area (Å²) < 4.78 is 10.9. The molecule has 1 fully saturated rings. The summed E-state index contributed by atoms with van der Waals surface area (Å²) in [7, 11) is 0. The maximum absolute atomic E-state index is 11.9. The van der Waals surface area contributed by atoms with E-state index in [1.165, 1.54) is 5.57 Å². The van der Waals surface area contributed by atoms with E-state index in [2.05, 4.69) is 19.6 Å². The van der Waals surface area contributed by atoms with Gasteiger partial charge in [0.1, 0.15) is 12.2 Å². The predicted octanol–water partition coefficient (Wildman–Crippen LogP) is 3.79. The first-order chi connectivity index (χ1) is 11.4. The lowest BCUT2D eigenvalue weighted by Gasteiger charge is -2.16. The molecule has 3 atom stereocenters. The van der Waals surface area contributed by atoms with Crippen LogP contribution < -0.4 is 0 Å². The second-order valence-corrected chi connectivity index (χ2v) is 6.98. The molecule has 2 bridgehead atoms. The molecule has 0 spiro atoms. The number of carbonyl (C=O) groups excluding carboxylic acids is 2. The molecule has 1 saturated heterocycles. The van der Waals surface area contributed by atoms with Crippen LogP contribution in [0.4, 0.5) is 0 Å². The van der Waals surface area contributed by atoms with Gasteiger partial charge in [0.05, 0.1) is 0 Å². The molecule has 2 aliphatic heterocycles. The van der Waals surface area contributed by atoms with Crippen LogP contribution in [-0.4, -0.2) is 24.1 Å². The molecule has 0 radical (unpaired) electrons. The highest BCUT2D eigenvalue weighted by atomic mass is 16.6. The van der Waals surface area contributed by atoms with E-state index in [0.29, 0.717) is 12.0 Å². The number of allylic oxidation sites excluding steroid dienone is 2. The highest BCUT2D eigenvalue weighted by Crippen LogP contribution is 2.34. The minimum Gasteiger partial charge on any atom is -0.454 e. The molecule has 0 aromatic rings.